The van der Waals surface area contributed by atoms with Crippen molar-refractivity contribution in [1.29, 1.82) is 0 Å². The van der Waals surface area contributed by atoms with Crippen molar-refractivity contribution in [3.8, 4) is 0 Å². The second kappa shape index (κ2) is 4.74. The summed E-state index contributed by atoms with van der Waals surface area (Å²) in [6, 6.07) is 1.21. The standard InChI is InChI=1S/C11H14F3NO/c1-11(2,16)3-4-15-10-8(13)5-7(12)6-9(10)14/h5-6,15-16H,3-4H2,1-2H3. The fraction of sp³-hybridized carbons (Fsp3) is 0.455. The molecule has 0 aromatic heterocycles. The Morgan fingerprint density at radius 2 is 1.69 bits per heavy atom. The number of hydrogen-bond donors (Lipinski definition) is 2. The Morgan fingerprint density at radius 3 is 2.12 bits per heavy atom. The van der Waals surface area contributed by atoms with E-state index in [-0.39, 0.29) is 12.2 Å². The van der Waals surface area contributed by atoms with Crippen LogP contribution in [0, 0.1) is 17.5 Å². The molecule has 2 N–H and O–H groups in total. The number of halogens is 3. The maximum absolute atomic E-state index is 13.1. The third kappa shape index (κ3) is 3.73. The highest BCUT2D eigenvalue weighted by Gasteiger charge is 2.14. The third-order valence-corrected chi connectivity index (χ3v) is 2.05. The average Bonchev–Trinajstić information content (AvgIpc) is 2.07. The molecule has 1 aromatic carbocycles. The summed E-state index contributed by atoms with van der Waals surface area (Å²) in [5, 5.41) is 11.9. The first-order valence-corrected chi connectivity index (χ1v) is 4.90. The molecule has 0 saturated heterocycles. The molecular weight excluding hydrogens is 219 g/mol. The largest absolute Gasteiger partial charge is 0.390 e. The molecule has 0 saturated carbocycles. The van der Waals surface area contributed by atoms with Crippen molar-refractivity contribution in [2.45, 2.75) is 25.9 Å². The van der Waals surface area contributed by atoms with Crippen LogP contribution in [0.1, 0.15) is 20.3 Å². The minimum Gasteiger partial charge on any atom is -0.390 e. The van der Waals surface area contributed by atoms with Crippen LogP contribution < -0.4 is 5.32 Å². The highest BCUT2D eigenvalue weighted by molar-refractivity contribution is 5.46. The predicted octanol–water partition coefficient (Wildman–Crippen LogP) is 2.68. The van der Waals surface area contributed by atoms with Gasteiger partial charge < -0.3 is 10.4 Å². The minimum absolute atomic E-state index is 0.197. The Bertz CT molecular complexity index is 351. The van der Waals surface area contributed by atoms with Crippen molar-refractivity contribution in [3.05, 3.63) is 29.6 Å². The number of benzene rings is 1. The van der Waals surface area contributed by atoms with Crippen LogP contribution in [-0.2, 0) is 0 Å². The van der Waals surface area contributed by atoms with Crippen LogP contribution in [-0.4, -0.2) is 17.3 Å². The molecule has 5 heteroatoms. The number of rotatable bonds is 4. The molecule has 1 rings (SSSR count). The number of anilines is 1. The molecule has 0 heterocycles. The van der Waals surface area contributed by atoms with Crippen molar-refractivity contribution in [2.75, 3.05) is 11.9 Å². The molecule has 0 atom stereocenters. The molecule has 0 amide bonds. The summed E-state index contributed by atoms with van der Waals surface area (Å²) in [5.74, 6) is -2.91. The third-order valence-electron chi connectivity index (χ3n) is 2.05. The zero-order valence-electron chi connectivity index (χ0n) is 9.15. The van der Waals surface area contributed by atoms with Gasteiger partial charge in [-0.25, -0.2) is 13.2 Å². The van der Waals surface area contributed by atoms with E-state index in [9.17, 15) is 18.3 Å². The Balaban J connectivity index is 2.68. The van der Waals surface area contributed by atoms with Gasteiger partial charge in [-0.05, 0) is 20.3 Å². The lowest BCUT2D eigenvalue weighted by Crippen LogP contribution is -2.23. The zero-order valence-corrected chi connectivity index (χ0v) is 9.15. The molecule has 0 fully saturated rings. The lowest BCUT2D eigenvalue weighted by atomic mass is 10.1. The van der Waals surface area contributed by atoms with Crippen LogP contribution in [0.4, 0.5) is 18.9 Å². The van der Waals surface area contributed by atoms with Crippen molar-refractivity contribution < 1.29 is 18.3 Å². The van der Waals surface area contributed by atoms with Crippen LogP contribution in [0.25, 0.3) is 0 Å². The Morgan fingerprint density at radius 1 is 1.19 bits per heavy atom. The monoisotopic (exact) mass is 233 g/mol. The topological polar surface area (TPSA) is 32.3 Å². The molecule has 0 aliphatic rings. The number of nitrogens with one attached hydrogen (secondary N) is 1. The fourth-order valence-electron chi connectivity index (χ4n) is 1.20. The van der Waals surface area contributed by atoms with E-state index < -0.39 is 23.1 Å². The van der Waals surface area contributed by atoms with E-state index in [0.29, 0.717) is 18.6 Å². The molecule has 1 aromatic rings. The van der Waals surface area contributed by atoms with Gasteiger partial charge in [0.15, 0.2) is 11.6 Å². The van der Waals surface area contributed by atoms with Gasteiger partial charge in [-0.3, -0.25) is 0 Å². The normalized spacial score (nSPS) is 11.6. The van der Waals surface area contributed by atoms with Crippen molar-refractivity contribution in [2.24, 2.45) is 0 Å². The van der Waals surface area contributed by atoms with Gasteiger partial charge in [0.05, 0.1) is 5.60 Å². The van der Waals surface area contributed by atoms with Crippen LogP contribution in [0.3, 0.4) is 0 Å². The smallest absolute Gasteiger partial charge is 0.152 e. The summed E-state index contributed by atoms with van der Waals surface area (Å²) >= 11 is 0. The first-order valence-electron chi connectivity index (χ1n) is 4.90. The summed E-state index contributed by atoms with van der Waals surface area (Å²) in [5.41, 5.74) is -1.29. The summed E-state index contributed by atoms with van der Waals surface area (Å²) in [7, 11) is 0. The zero-order chi connectivity index (χ0) is 12.3. The van der Waals surface area contributed by atoms with E-state index in [1.165, 1.54) is 0 Å². The lowest BCUT2D eigenvalue weighted by molar-refractivity contribution is 0.0748. The van der Waals surface area contributed by atoms with Gasteiger partial charge >= 0.3 is 0 Å². The maximum atomic E-state index is 13.1. The van der Waals surface area contributed by atoms with Crippen molar-refractivity contribution in [1.82, 2.24) is 0 Å². The Labute approximate surface area is 92.1 Å². The van der Waals surface area contributed by atoms with E-state index in [0.717, 1.165) is 0 Å². The SMILES string of the molecule is CC(C)(O)CCNc1c(F)cc(F)cc1F. The molecule has 90 valence electrons. The van der Waals surface area contributed by atoms with Gasteiger partial charge in [0.1, 0.15) is 11.5 Å². The van der Waals surface area contributed by atoms with E-state index in [1.54, 1.807) is 13.8 Å². The summed E-state index contributed by atoms with van der Waals surface area (Å²) in [4.78, 5) is 0. The minimum atomic E-state index is -0.978. The summed E-state index contributed by atoms with van der Waals surface area (Å²) < 4.78 is 38.8. The van der Waals surface area contributed by atoms with Crippen LogP contribution in [0.2, 0.25) is 0 Å². The molecule has 0 aliphatic heterocycles. The number of hydrogen-bond acceptors (Lipinski definition) is 2. The van der Waals surface area contributed by atoms with Gasteiger partial charge in [0, 0.05) is 18.7 Å². The Hall–Kier alpha value is -1.23. The molecular formula is C11H14F3NO. The second-order valence-corrected chi connectivity index (χ2v) is 4.23. The second-order valence-electron chi connectivity index (χ2n) is 4.23. The number of aliphatic hydroxyl groups is 1. The molecule has 0 unspecified atom stereocenters. The van der Waals surface area contributed by atoms with Gasteiger partial charge in [-0.15, -0.1) is 0 Å². The summed E-state index contributed by atoms with van der Waals surface area (Å²) in [6.45, 7) is 3.38. The van der Waals surface area contributed by atoms with Crippen molar-refractivity contribution in [3.63, 3.8) is 0 Å². The van der Waals surface area contributed by atoms with E-state index in [1.807, 2.05) is 0 Å². The average molecular weight is 233 g/mol. The molecule has 16 heavy (non-hydrogen) atoms. The quantitative estimate of drug-likeness (QED) is 0.838. The van der Waals surface area contributed by atoms with Gasteiger partial charge in [0.25, 0.3) is 0 Å². The highest BCUT2D eigenvalue weighted by atomic mass is 19.1. The Kier molecular flexibility index (Phi) is 3.80. The molecule has 0 aliphatic carbocycles. The first-order chi connectivity index (χ1) is 7.29. The van der Waals surface area contributed by atoms with E-state index >= 15 is 0 Å². The fourth-order valence-corrected chi connectivity index (χ4v) is 1.20. The van der Waals surface area contributed by atoms with E-state index in [2.05, 4.69) is 5.32 Å². The van der Waals surface area contributed by atoms with Crippen LogP contribution in [0.5, 0.6) is 0 Å². The maximum Gasteiger partial charge on any atom is 0.152 e. The predicted molar refractivity (Wildman–Crippen MR) is 55.7 cm³/mol. The summed E-state index contributed by atoms with van der Waals surface area (Å²) in [6.07, 6.45) is 0.323. The van der Waals surface area contributed by atoms with E-state index in [4.69, 9.17) is 0 Å². The van der Waals surface area contributed by atoms with Crippen LogP contribution >= 0.6 is 0 Å². The molecule has 0 spiro atoms. The van der Waals surface area contributed by atoms with Gasteiger partial charge in [-0.2, -0.15) is 0 Å². The van der Waals surface area contributed by atoms with Gasteiger partial charge in [-0.1, -0.05) is 0 Å². The molecule has 2 nitrogen and oxygen atoms in total. The van der Waals surface area contributed by atoms with Crippen LogP contribution in [0.15, 0.2) is 12.1 Å². The lowest BCUT2D eigenvalue weighted by Gasteiger charge is -2.17. The molecule has 0 bridgehead atoms. The first kappa shape index (κ1) is 12.8. The van der Waals surface area contributed by atoms with Gasteiger partial charge in [0.2, 0.25) is 0 Å². The van der Waals surface area contributed by atoms with Crippen molar-refractivity contribution >= 4 is 5.69 Å². The molecule has 0 radical (unpaired) electrons. The highest BCUT2D eigenvalue weighted by Crippen LogP contribution is 2.20.